The third-order valence-electron chi connectivity index (χ3n) is 4.65. The van der Waals surface area contributed by atoms with Gasteiger partial charge in [0.05, 0.1) is 13.0 Å². The van der Waals surface area contributed by atoms with E-state index in [-0.39, 0.29) is 17.7 Å². The molecule has 2 aliphatic rings. The van der Waals surface area contributed by atoms with E-state index in [9.17, 15) is 9.59 Å². The Morgan fingerprint density at radius 3 is 2.71 bits per heavy atom. The van der Waals surface area contributed by atoms with Gasteiger partial charge >= 0.3 is 0 Å². The zero-order chi connectivity index (χ0) is 17.1. The van der Waals surface area contributed by atoms with Gasteiger partial charge in [-0.3, -0.25) is 9.59 Å². The number of amides is 2. The first-order chi connectivity index (χ1) is 11.6. The molecule has 0 saturated carbocycles. The molecule has 2 fully saturated rings. The van der Waals surface area contributed by atoms with Crippen molar-refractivity contribution in [3.05, 3.63) is 12.3 Å². The molecule has 2 aliphatic heterocycles. The fraction of sp³-hybridized carbons (Fsp3) is 0.625. The van der Waals surface area contributed by atoms with Gasteiger partial charge in [-0.05, 0) is 6.92 Å². The standard InChI is InChI=1S/C16H23N5O3/c1-3-19-11-12(10-14(19)22)15(23)20-6-8-21(9-7-20)16-17-5-4-13(18-16)24-2/h4-5,12H,3,6-11H2,1-2H3/t12-/m1/s1. The predicted octanol–water partition coefficient (Wildman–Crippen LogP) is 0.00220. The molecule has 0 spiro atoms. The highest BCUT2D eigenvalue weighted by atomic mass is 16.5. The lowest BCUT2D eigenvalue weighted by Crippen LogP contribution is -2.51. The summed E-state index contributed by atoms with van der Waals surface area (Å²) in [4.78, 5) is 38.7. The van der Waals surface area contributed by atoms with Crippen molar-refractivity contribution >= 4 is 17.8 Å². The van der Waals surface area contributed by atoms with E-state index in [4.69, 9.17) is 4.74 Å². The lowest BCUT2D eigenvalue weighted by atomic mass is 10.1. The topological polar surface area (TPSA) is 78.9 Å². The molecule has 24 heavy (non-hydrogen) atoms. The summed E-state index contributed by atoms with van der Waals surface area (Å²) in [5.41, 5.74) is 0. The van der Waals surface area contributed by atoms with Crippen molar-refractivity contribution in [2.75, 3.05) is 51.3 Å². The molecule has 0 aromatic carbocycles. The molecule has 0 bridgehead atoms. The van der Waals surface area contributed by atoms with E-state index < -0.39 is 0 Å². The van der Waals surface area contributed by atoms with E-state index in [0.717, 1.165) is 0 Å². The van der Waals surface area contributed by atoms with Crippen LogP contribution in [0.2, 0.25) is 0 Å². The summed E-state index contributed by atoms with van der Waals surface area (Å²) in [6.45, 7) is 5.76. The Morgan fingerprint density at radius 1 is 1.33 bits per heavy atom. The van der Waals surface area contributed by atoms with E-state index in [1.165, 1.54) is 0 Å². The number of aromatic nitrogens is 2. The predicted molar refractivity (Wildman–Crippen MR) is 87.7 cm³/mol. The molecule has 0 radical (unpaired) electrons. The summed E-state index contributed by atoms with van der Waals surface area (Å²) >= 11 is 0. The molecule has 0 N–H and O–H groups in total. The highest BCUT2D eigenvalue weighted by Gasteiger charge is 2.36. The Morgan fingerprint density at radius 2 is 2.08 bits per heavy atom. The third-order valence-corrected chi connectivity index (χ3v) is 4.65. The molecule has 1 aromatic rings. The first-order valence-corrected chi connectivity index (χ1v) is 8.31. The number of nitrogens with zero attached hydrogens (tertiary/aromatic N) is 5. The molecule has 0 aliphatic carbocycles. The highest BCUT2D eigenvalue weighted by Crippen LogP contribution is 2.21. The smallest absolute Gasteiger partial charge is 0.228 e. The number of likely N-dealkylation sites (tertiary alicyclic amines) is 1. The number of carbonyl (C=O) groups excluding carboxylic acids is 2. The van der Waals surface area contributed by atoms with Gasteiger partial charge in [0.1, 0.15) is 0 Å². The first kappa shape index (κ1) is 16.5. The number of piperazine rings is 1. The van der Waals surface area contributed by atoms with Crippen molar-refractivity contribution in [1.82, 2.24) is 19.8 Å². The number of ether oxygens (including phenoxy) is 1. The maximum Gasteiger partial charge on any atom is 0.228 e. The number of hydrogen-bond donors (Lipinski definition) is 0. The molecule has 3 heterocycles. The van der Waals surface area contributed by atoms with Crippen molar-refractivity contribution in [1.29, 1.82) is 0 Å². The number of rotatable bonds is 4. The molecule has 2 amide bonds. The Bertz CT molecular complexity index is 615. The van der Waals surface area contributed by atoms with Crippen LogP contribution in [-0.2, 0) is 9.59 Å². The van der Waals surface area contributed by atoms with E-state index in [1.807, 2.05) is 16.7 Å². The number of anilines is 1. The van der Waals surface area contributed by atoms with Crippen LogP contribution in [0.4, 0.5) is 5.95 Å². The van der Waals surface area contributed by atoms with Gasteiger partial charge in [0, 0.05) is 58.0 Å². The van der Waals surface area contributed by atoms with Crippen molar-refractivity contribution < 1.29 is 14.3 Å². The largest absolute Gasteiger partial charge is 0.481 e. The van der Waals surface area contributed by atoms with Crippen LogP contribution >= 0.6 is 0 Å². The van der Waals surface area contributed by atoms with Gasteiger partial charge in [-0.25, -0.2) is 4.98 Å². The van der Waals surface area contributed by atoms with Gasteiger partial charge in [0.15, 0.2) is 0 Å². The second kappa shape index (κ2) is 7.02. The van der Waals surface area contributed by atoms with Gasteiger partial charge in [0.25, 0.3) is 0 Å². The van der Waals surface area contributed by atoms with Crippen molar-refractivity contribution in [2.24, 2.45) is 5.92 Å². The van der Waals surface area contributed by atoms with E-state index in [2.05, 4.69) is 9.97 Å². The summed E-state index contributed by atoms with van der Waals surface area (Å²) in [6.07, 6.45) is 2.01. The van der Waals surface area contributed by atoms with Crippen LogP contribution in [-0.4, -0.2) is 78.0 Å². The van der Waals surface area contributed by atoms with Crippen LogP contribution in [0.15, 0.2) is 12.3 Å². The van der Waals surface area contributed by atoms with Crippen molar-refractivity contribution in [3.63, 3.8) is 0 Å². The lowest BCUT2D eigenvalue weighted by molar-refractivity contribution is -0.136. The van der Waals surface area contributed by atoms with E-state index >= 15 is 0 Å². The van der Waals surface area contributed by atoms with Crippen LogP contribution in [0.3, 0.4) is 0 Å². The van der Waals surface area contributed by atoms with Crippen LogP contribution in [0.5, 0.6) is 5.88 Å². The molecule has 1 atom stereocenters. The molecule has 8 nitrogen and oxygen atoms in total. The minimum absolute atomic E-state index is 0.0827. The zero-order valence-corrected chi connectivity index (χ0v) is 14.1. The van der Waals surface area contributed by atoms with Crippen molar-refractivity contribution in [2.45, 2.75) is 13.3 Å². The molecular formula is C16H23N5O3. The maximum absolute atomic E-state index is 12.6. The second-order valence-corrected chi connectivity index (χ2v) is 6.04. The fourth-order valence-electron chi connectivity index (χ4n) is 3.23. The third kappa shape index (κ3) is 3.27. The summed E-state index contributed by atoms with van der Waals surface area (Å²) in [6, 6.07) is 1.71. The lowest BCUT2D eigenvalue weighted by Gasteiger charge is -2.35. The molecule has 0 unspecified atom stereocenters. The van der Waals surface area contributed by atoms with Crippen LogP contribution in [0, 0.1) is 5.92 Å². The molecule has 3 rings (SSSR count). The van der Waals surface area contributed by atoms with E-state index in [0.29, 0.717) is 57.5 Å². The number of methoxy groups -OCH3 is 1. The normalized spacial score (nSPS) is 21.3. The number of hydrogen-bond acceptors (Lipinski definition) is 6. The molecule has 1 aromatic heterocycles. The van der Waals surface area contributed by atoms with Crippen LogP contribution < -0.4 is 9.64 Å². The van der Waals surface area contributed by atoms with Crippen LogP contribution in [0.1, 0.15) is 13.3 Å². The first-order valence-electron chi connectivity index (χ1n) is 8.31. The maximum atomic E-state index is 12.6. The van der Waals surface area contributed by atoms with Gasteiger partial charge in [-0.2, -0.15) is 4.98 Å². The minimum Gasteiger partial charge on any atom is -0.481 e. The summed E-state index contributed by atoms with van der Waals surface area (Å²) in [7, 11) is 1.57. The fourth-order valence-corrected chi connectivity index (χ4v) is 3.23. The van der Waals surface area contributed by atoms with Gasteiger partial charge in [0.2, 0.25) is 23.6 Å². The van der Waals surface area contributed by atoms with Crippen LogP contribution in [0.25, 0.3) is 0 Å². The zero-order valence-electron chi connectivity index (χ0n) is 14.1. The molecule has 130 valence electrons. The highest BCUT2D eigenvalue weighted by molar-refractivity contribution is 5.89. The average Bonchev–Trinajstić information content (AvgIpc) is 3.02. The Hall–Kier alpha value is -2.38. The van der Waals surface area contributed by atoms with Gasteiger partial charge in [-0.15, -0.1) is 0 Å². The molecule has 8 heteroatoms. The monoisotopic (exact) mass is 333 g/mol. The minimum atomic E-state index is -0.197. The Balaban J connectivity index is 1.57. The van der Waals surface area contributed by atoms with Crippen molar-refractivity contribution in [3.8, 4) is 5.88 Å². The summed E-state index contributed by atoms with van der Waals surface area (Å²) in [5, 5.41) is 0. The van der Waals surface area contributed by atoms with Gasteiger partial charge < -0.3 is 19.4 Å². The van der Waals surface area contributed by atoms with E-state index in [1.54, 1.807) is 24.3 Å². The second-order valence-electron chi connectivity index (χ2n) is 6.04. The summed E-state index contributed by atoms with van der Waals surface area (Å²) in [5.74, 6) is 1.12. The quantitative estimate of drug-likeness (QED) is 0.772. The number of carbonyl (C=O) groups is 2. The Labute approximate surface area is 141 Å². The SMILES string of the molecule is CCN1C[C@H](C(=O)N2CCN(c3nccc(OC)n3)CC2)CC1=O. The van der Waals surface area contributed by atoms with Gasteiger partial charge in [-0.1, -0.05) is 0 Å². The molecular weight excluding hydrogens is 310 g/mol. The Kier molecular flexibility index (Phi) is 4.82. The molecule has 2 saturated heterocycles. The summed E-state index contributed by atoms with van der Waals surface area (Å²) < 4.78 is 5.12. The average molecular weight is 333 g/mol.